The van der Waals surface area contributed by atoms with Crippen molar-refractivity contribution in [3.8, 4) is 0 Å². The van der Waals surface area contributed by atoms with Crippen LogP contribution in [0.2, 0.25) is 0 Å². The van der Waals surface area contributed by atoms with Crippen LogP contribution < -0.4 is 10.5 Å². The van der Waals surface area contributed by atoms with Gasteiger partial charge in [-0.3, -0.25) is 4.72 Å². The Bertz CT molecular complexity index is 756. The lowest BCUT2D eigenvalue weighted by atomic mass is 10.3. The molecule has 0 saturated carbocycles. The maximum absolute atomic E-state index is 12.3. The number of hydrogen-bond acceptors (Lipinski definition) is 4. The molecular formula is C13H17BrN4O2S. The molecule has 2 aromatic rings. The van der Waals surface area contributed by atoms with Gasteiger partial charge >= 0.3 is 0 Å². The Morgan fingerprint density at radius 3 is 2.76 bits per heavy atom. The third kappa shape index (κ3) is 3.56. The van der Waals surface area contributed by atoms with Crippen molar-refractivity contribution in [2.45, 2.75) is 31.8 Å². The molecular weight excluding hydrogens is 356 g/mol. The van der Waals surface area contributed by atoms with Crippen molar-refractivity contribution in [1.82, 2.24) is 9.55 Å². The van der Waals surface area contributed by atoms with E-state index in [2.05, 4.69) is 25.6 Å². The number of rotatable bonds is 5. The number of hydrogen-bond donors (Lipinski definition) is 2. The number of aromatic nitrogens is 2. The first-order chi connectivity index (χ1) is 9.83. The summed E-state index contributed by atoms with van der Waals surface area (Å²) in [6.45, 7) is 4.54. The molecule has 1 aromatic carbocycles. The average Bonchev–Trinajstić information content (AvgIpc) is 2.77. The van der Waals surface area contributed by atoms with Gasteiger partial charge in [0.25, 0.3) is 10.0 Å². The SMILES string of the molecule is CCCn1cc(S(=O)(=O)Nc2ccc(Br)c(N)c2)nc1C. The van der Waals surface area contributed by atoms with Crippen molar-refractivity contribution in [2.75, 3.05) is 10.5 Å². The molecule has 21 heavy (non-hydrogen) atoms. The molecule has 0 fully saturated rings. The number of benzene rings is 1. The molecule has 0 amide bonds. The maximum Gasteiger partial charge on any atom is 0.280 e. The number of aryl methyl sites for hydroxylation is 2. The van der Waals surface area contributed by atoms with Gasteiger partial charge in [0.15, 0.2) is 5.03 Å². The second-order valence-corrected chi connectivity index (χ2v) is 7.15. The zero-order valence-electron chi connectivity index (χ0n) is 11.8. The molecule has 0 saturated heterocycles. The number of nitrogens with two attached hydrogens (primary N) is 1. The summed E-state index contributed by atoms with van der Waals surface area (Å²) < 4.78 is 29.7. The lowest BCUT2D eigenvalue weighted by molar-refractivity contribution is 0.597. The van der Waals surface area contributed by atoms with Crippen molar-refractivity contribution >= 4 is 37.3 Å². The Kier molecular flexibility index (Phi) is 4.58. The van der Waals surface area contributed by atoms with Crippen LogP contribution in [0.4, 0.5) is 11.4 Å². The molecule has 0 spiro atoms. The molecule has 0 aliphatic heterocycles. The summed E-state index contributed by atoms with van der Waals surface area (Å²) in [5.41, 5.74) is 6.61. The van der Waals surface area contributed by atoms with Gasteiger partial charge in [0.1, 0.15) is 5.82 Å². The quantitative estimate of drug-likeness (QED) is 0.789. The highest BCUT2D eigenvalue weighted by Gasteiger charge is 2.19. The number of nitrogens with zero attached hydrogens (tertiary/aromatic N) is 2. The third-order valence-corrected chi connectivity index (χ3v) is 4.92. The fraction of sp³-hybridized carbons (Fsp3) is 0.308. The Hall–Kier alpha value is -1.54. The van der Waals surface area contributed by atoms with Crippen molar-refractivity contribution in [3.05, 3.63) is 34.7 Å². The molecule has 2 rings (SSSR count). The summed E-state index contributed by atoms with van der Waals surface area (Å²) in [6.07, 6.45) is 2.46. The van der Waals surface area contributed by atoms with E-state index in [9.17, 15) is 8.42 Å². The van der Waals surface area contributed by atoms with Gasteiger partial charge in [0, 0.05) is 22.9 Å². The number of nitrogen functional groups attached to an aromatic ring is 1. The Labute approximate surface area is 132 Å². The van der Waals surface area contributed by atoms with Gasteiger partial charge in [-0.15, -0.1) is 0 Å². The summed E-state index contributed by atoms with van der Waals surface area (Å²) in [5.74, 6) is 0.674. The van der Waals surface area contributed by atoms with Crippen LogP contribution in [0, 0.1) is 6.92 Å². The Balaban J connectivity index is 2.29. The molecule has 8 heteroatoms. The van der Waals surface area contributed by atoms with Gasteiger partial charge in [0.05, 0.1) is 5.69 Å². The summed E-state index contributed by atoms with van der Waals surface area (Å²) in [6, 6.07) is 4.87. The number of sulfonamides is 1. The number of halogens is 1. The van der Waals surface area contributed by atoms with E-state index in [-0.39, 0.29) is 5.03 Å². The minimum absolute atomic E-state index is 0.00920. The lowest BCUT2D eigenvalue weighted by Crippen LogP contribution is -2.13. The number of nitrogens with one attached hydrogen (secondary N) is 1. The van der Waals surface area contributed by atoms with Crippen LogP contribution in [0.3, 0.4) is 0 Å². The first-order valence-electron chi connectivity index (χ1n) is 6.45. The molecule has 6 nitrogen and oxygen atoms in total. The van der Waals surface area contributed by atoms with E-state index in [1.54, 1.807) is 31.3 Å². The second kappa shape index (κ2) is 6.07. The van der Waals surface area contributed by atoms with Crippen LogP contribution in [0.15, 0.2) is 33.9 Å². The van der Waals surface area contributed by atoms with Crippen molar-refractivity contribution in [3.63, 3.8) is 0 Å². The van der Waals surface area contributed by atoms with Crippen molar-refractivity contribution in [2.24, 2.45) is 0 Å². The van der Waals surface area contributed by atoms with Gasteiger partial charge in [0.2, 0.25) is 0 Å². The van der Waals surface area contributed by atoms with Gasteiger partial charge in [-0.1, -0.05) is 6.92 Å². The predicted octanol–water partition coefficient (Wildman–Crippen LogP) is 2.75. The topological polar surface area (TPSA) is 90.0 Å². The van der Waals surface area contributed by atoms with Crippen LogP contribution >= 0.6 is 15.9 Å². The van der Waals surface area contributed by atoms with E-state index >= 15 is 0 Å². The molecule has 1 aromatic heterocycles. The molecule has 1 heterocycles. The highest BCUT2D eigenvalue weighted by Crippen LogP contribution is 2.24. The zero-order valence-corrected chi connectivity index (χ0v) is 14.2. The minimum atomic E-state index is -3.72. The van der Waals surface area contributed by atoms with Gasteiger partial charge in [-0.2, -0.15) is 8.42 Å². The minimum Gasteiger partial charge on any atom is -0.398 e. The van der Waals surface area contributed by atoms with Crippen molar-refractivity contribution < 1.29 is 8.42 Å². The van der Waals surface area contributed by atoms with Crippen LogP contribution in [-0.2, 0) is 16.6 Å². The summed E-state index contributed by atoms with van der Waals surface area (Å²) >= 11 is 3.27. The second-order valence-electron chi connectivity index (χ2n) is 4.66. The van der Waals surface area contributed by atoms with E-state index in [1.165, 1.54) is 0 Å². The standard InChI is InChI=1S/C13H17BrN4O2S/c1-3-6-18-8-13(16-9(18)2)21(19,20)17-10-4-5-11(14)12(15)7-10/h4-5,7-8,17H,3,6,15H2,1-2H3. The zero-order chi connectivity index (χ0) is 15.6. The molecule has 0 aliphatic carbocycles. The first kappa shape index (κ1) is 15.8. The van der Waals surface area contributed by atoms with Gasteiger partial charge in [-0.25, -0.2) is 4.98 Å². The van der Waals surface area contributed by atoms with Gasteiger partial charge < -0.3 is 10.3 Å². The summed E-state index contributed by atoms with van der Waals surface area (Å²) in [5, 5.41) is 0.00920. The van der Waals surface area contributed by atoms with Crippen molar-refractivity contribution in [1.29, 1.82) is 0 Å². The molecule has 0 unspecified atom stereocenters. The van der Waals surface area contributed by atoms with E-state index in [1.807, 2.05) is 11.5 Å². The van der Waals surface area contributed by atoms with E-state index in [0.717, 1.165) is 13.0 Å². The maximum atomic E-state index is 12.3. The summed E-state index contributed by atoms with van der Waals surface area (Å²) in [7, 11) is -3.72. The molecule has 0 aliphatic rings. The van der Waals surface area contributed by atoms with Crippen LogP contribution in [0.1, 0.15) is 19.2 Å². The molecule has 0 radical (unpaired) electrons. The summed E-state index contributed by atoms with van der Waals surface area (Å²) in [4.78, 5) is 4.11. The van der Waals surface area contributed by atoms with E-state index < -0.39 is 10.0 Å². The molecule has 0 atom stereocenters. The number of imidazole rings is 1. The average molecular weight is 373 g/mol. The number of anilines is 2. The first-order valence-corrected chi connectivity index (χ1v) is 8.72. The predicted molar refractivity (Wildman–Crippen MR) is 86.6 cm³/mol. The fourth-order valence-corrected chi connectivity index (χ4v) is 3.20. The molecule has 3 N–H and O–H groups in total. The van der Waals surface area contributed by atoms with Crippen LogP contribution in [0.25, 0.3) is 0 Å². The van der Waals surface area contributed by atoms with E-state index in [4.69, 9.17) is 5.73 Å². The Morgan fingerprint density at radius 1 is 1.43 bits per heavy atom. The van der Waals surface area contributed by atoms with Crippen LogP contribution in [0.5, 0.6) is 0 Å². The smallest absolute Gasteiger partial charge is 0.280 e. The normalized spacial score (nSPS) is 11.6. The largest absolute Gasteiger partial charge is 0.398 e. The Morgan fingerprint density at radius 2 is 2.14 bits per heavy atom. The fourth-order valence-electron chi connectivity index (χ4n) is 1.89. The lowest BCUT2D eigenvalue weighted by Gasteiger charge is -2.07. The highest BCUT2D eigenvalue weighted by atomic mass is 79.9. The molecule has 0 bridgehead atoms. The van der Waals surface area contributed by atoms with Gasteiger partial charge in [-0.05, 0) is 47.5 Å². The highest BCUT2D eigenvalue weighted by molar-refractivity contribution is 9.10. The molecule has 114 valence electrons. The third-order valence-electron chi connectivity index (χ3n) is 2.94. The monoisotopic (exact) mass is 372 g/mol. The van der Waals surface area contributed by atoms with Crippen LogP contribution in [-0.4, -0.2) is 18.0 Å². The van der Waals surface area contributed by atoms with E-state index in [0.29, 0.717) is 21.7 Å².